The summed E-state index contributed by atoms with van der Waals surface area (Å²) in [5.41, 5.74) is 16.1. The van der Waals surface area contributed by atoms with E-state index in [-0.39, 0.29) is 56.7 Å². The number of aromatic hydroxyl groups is 1. The third-order valence-electron chi connectivity index (χ3n) is 8.98. The van der Waals surface area contributed by atoms with Gasteiger partial charge in [0.15, 0.2) is 27.9 Å². The Morgan fingerprint density at radius 2 is 1.33 bits per heavy atom. The Kier molecular flexibility index (Phi) is 16.9. The maximum Gasteiger partial charge on any atom is 0.296 e. The van der Waals surface area contributed by atoms with E-state index in [4.69, 9.17) is 31.9 Å². The average Bonchev–Trinajstić information content (AvgIpc) is 3.29. The van der Waals surface area contributed by atoms with Crippen LogP contribution in [-0.4, -0.2) is 76.9 Å². The number of phenols is 1. The summed E-state index contributed by atoms with van der Waals surface area (Å²) in [6.45, 7) is -0.543. The maximum atomic E-state index is 13.2. The lowest BCUT2D eigenvalue weighted by Gasteiger charge is -2.16. The van der Waals surface area contributed by atoms with Gasteiger partial charge in [-0.3, -0.25) is 18.0 Å². The number of fused-ring (bicyclic) bond motifs is 1. The summed E-state index contributed by atoms with van der Waals surface area (Å²) in [6, 6.07) is 14.6. The van der Waals surface area contributed by atoms with Gasteiger partial charge in [-0.15, -0.1) is 29.1 Å². The molecule has 0 saturated heterocycles. The number of nitrogen functional groups attached to an aromatic ring is 1. The summed E-state index contributed by atoms with van der Waals surface area (Å²) >= 11 is 0.267. The molecule has 1 unspecified atom stereocenters. The number of sulfone groups is 1. The molecule has 1 heterocycles. The minimum absolute atomic E-state index is 0.0861. The minimum atomic E-state index is -5.24. The van der Waals surface area contributed by atoms with Crippen LogP contribution in [0.1, 0.15) is 0 Å². The first-order valence-corrected chi connectivity index (χ1v) is 26.0. The molecule has 6 rings (SSSR count). The minimum Gasteiger partial charge on any atom is -0.505 e. The van der Waals surface area contributed by atoms with Gasteiger partial charge in [-0.25, -0.2) is 27.4 Å². The highest BCUT2D eigenvalue weighted by Crippen LogP contribution is 2.49. The van der Waals surface area contributed by atoms with E-state index in [9.17, 15) is 47.9 Å². The molecule has 0 saturated carbocycles. The summed E-state index contributed by atoms with van der Waals surface area (Å²) in [5.74, 6) is -1.56. The van der Waals surface area contributed by atoms with Gasteiger partial charge in [0.2, 0.25) is 0 Å². The number of nitrogens with zero attached hydrogens (tertiary/aromatic N) is 6. The molecule has 5 aromatic carbocycles. The fourth-order valence-electron chi connectivity index (χ4n) is 5.83. The van der Waals surface area contributed by atoms with E-state index in [1.54, 1.807) is 12.2 Å². The molecule has 0 amide bonds. The molecule has 0 spiro atoms. The monoisotopic (exact) mass is 1090 g/mol. The van der Waals surface area contributed by atoms with Gasteiger partial charge < -0.3 is 27.6 Å². The summed E-state index contributed by atoms with van der Waals surface area (Å²) in [7, 11) is -19.0. The van der Waals surface area contributed by atoms with Crippen LogP contribution in [0.3, 0.4) is 0 Å². The molecule has 0 aromatic heterocycles. The average molecular weight is 1090 g/mol. The van der Waals surface area contributed by atoms with E-state index in [1.807, 2.05) is 0 Å². The first-order chi connectivity index (χ1) is 33.0. The summed E-state index contributed by atoms with van der Waals surface area (Å²) in [5, 5.41) is 61.1. The lowest BCUT2D eigenvalue weighted by Crippen LogP contribution is -2.39. The zero-order valence-corrected chi connectivity index (χ0v) is 39.5. The Morgan fingerprint density at radius 1 is 0.714 bits per heavy atom. The highest BCUT2D eigenvalue weighted by atomic mass is 32.2. The van der Waals surface area contributed by atoms with Crippen molar-refractivity contribution in [2.75, 3.05) is 22.8 Å². The van der Waals surface area contributed by atoms with E-state index < -0.39 is 107 Å². The van der Waals surface area contributed by atoms with Gasteiger partial charge >= 0.3 is 0 Å². The number of allylic oxidation sites excluding steroid dienone is 1. The molecule has 13 N–H and O–H groups in total. The molecule has 0 bridgehead atoms. The van der Waals surface area contributed by atoms with Crippen LogP contribution in [0.15, 0.2) is 158 Å². The van der Waals surface area contributed by atoms with E-state index >= 15 is 0 Å². The van der Waals surface area contributed by atoms with Crippen LogP contribution in [0.2, 0.25) is 0 Å². The van der Waals surface area contributed by atoms with Crippen molar-refractivity contribution in [1.29, 1.82) is 0 Å². The molecule has 70 heavy (non-hydrogen) atoms. The van der Waals surface area contributed by atoms with Crippen LogP contribution in [0.25, 0.3) is 10.8 Å². The lowest BCUT2D eigenvalue weighted by atomic mass is 10.1. The topological polar surface area (TPSA) is 460 Å². The number of benzene rings is 5. The summed E-state index contributed by atoms with van der Waals surface area (Å²) < 4.78 is 138. The second-order valence-corrected chi connectivity index (χ2v) is 21.4. The van der Waals surface area contributed by atoms with Crippen molar-refractivity contribution in [3.63, 3.8) is 0 Å². The molecule has 0 fully saturated rings. The number of nitrogens with one attached hydrogen (secondary N) is 2. The number of hydrogen-bond donors (Lipinski definition) is 10. The number of rotatable bonds is 21. The van der Waals surface area contributed by atoms with Crippen LogP contribution in [0.5, 0.6) is 5.75 Å². The number of anilines is 2. The van der Waals surface area contributed by atoms with Crippen molar-refractivity contribution in [3.05, 3.63) is 103 Å². The van der Waals surface area contributed by atoms with Crippen molar-refractivity contribution in [2.24, 2.45) is 42.2 Å². The number of sulfonamides is 1. The van der Waals surface area contributed by atoms with E-state index in [0.29, 0.717) is 17.5 Å². The number of phenolic OH excluding ortho intramolecular Hbond substituents is 1. The fraction of sp³-hybridized carbons (Fsp3) is 0.0857. The van der Waals surface area contributed by atoms with Gasteiger partial charge in [0, 0.05) is 5.69 Å². The third kappa shape index (κ3) is 13.1. The molecule has 5 aromatic rings. The van der Waals surface area contributed by atoms with E-state index in [1.165, 1.54) is 36.4 Å². The first-order valence-electron chi connectivity index (χ1n) is 18.6. The highest BCUT2D eigenvalue weighted by Gasteiger charge is 2.27. The second kappa shape index (κ2) is 22.2. The normalized spacial score (nSPS) is 14.9. The first kappa shape index (κ1) is 53.1. The highest BCUT2D eigenvalue weighted by molar-refractivity contribution is 7.94. The number of dihydropyridines is 1. The fourth-order valence-corrected chi connectivity index (χ4v) is 10.2. The molecule has 0 aliphatic carbocycles. The summed E-state index contributed by atoms with van der Waals surface area (Å²) in [6.07, 6.45) is 2.75. The number of hydrogen-bond acceptors (Lipinski definition) is 28. The Morgan fingerprint density at radius 3 is 1.96 bits per heavy atom. The van der Waals surface area contributed by atoms with E-state index in [0.717, 1.165) is 36.4 Å². The van der Waals surface area contributed by atoms with Gasteiger partial charge in [0.1, 0.15) is 38.4 Å². The molecular weight excluding hydrogens is 1050 g/mol. The van der Waals surface area contributed by atoms with Gasteiger partial charge in [0.05, 0.1) is 67.7 Å². The van der Waals surface area contributed by atoms with Crippen molar-refractivity contribution in [1.82, 2.24) is 5.32 Å². The van der Waals surface area contributed by atoms with Gasteiger partial charge in [-0.05, 0) is 96.4 Å². The Balaban J connectivity index is 1.30. The molecule has 372 valence electrons. The summed E-state index contributed by atoms with van der Waals surface area (Å²) in [4.78, 5) is -3.22. The van der Waals surface area contributed by atoms with Crippen molar-refractivity contribution >= 4 is 115 Å². The molecule has 1 atom stereocenters. The molecule has 29 nitrogen and oxygen atoms in total. The van der Waals surface area contributed by atoms with E-state index in [2.05, 4.69) is 59.5 Å². The zero-order valence-electron chi connectivity index (χ0n) is 34.6. The largest absolute Gasteiger partial charge is 0.505 e. The van der Waals surface area contributed by atoms with Crippen LogP contribution < -0.4 is 27.2 Å². The lowest BCUT2D eigenvalue weighted by molar-refractivity contribution is -0.434. The quantitative estimate of drug-likeness (QED) is 0.00753. The predicted octanol–water partition coefficient (Wildman–Crippen LogP) is 6.11. The Labute approximate surface area is 403 Å². The third-order valence-corrected chi connectivity index (χ3v) is 14.8. The SMILES string of the molecule is NC1=C(/N=N/c2ccc(NS(=O)(=O)c3ccc(/N=N/c4c(S(=O)(=O)O)cc5cc(SOOO)c(/N=N/c6ccc(S(=O)(=O)CCOSOOO)cc6S(=O)(=O)O)c(N)c5c4O)cc3)cc2)C=CC(N)N1. The molecule has 0 radical (unpaired) electrons. The Hall–Kier alpha value is -6.26. The van der Waals surface area contributed by atoms with Crippen LogP contribution in [-0.2, 0) is 63.0 Å². The second-order valence-electron chi connectivity index (χ2n) is 13.5. The maximum absolute atomic E-state index is 13.2. The smallest absolute Gasteiger partial charge is 0.296 e. The molecular formula is C35H33N11O18S6. The van der Waals surface area contributed by atoms with Crippen LogP contribution in [0.4, 0.5) is 39.8 Å². The standard InChI is InChI=1S/C35H33N11O18S6/c36-29-12-11-25(35(38)39-29)43-40-19-1-3-21(4-2-19)46-68(52,53)22-7-5-20(6-8-22)41-45-33-28(70(57,58)59)16-18-15-26(65-63-61-48)32(31(37)30(18)34(33)47)44-42-24-10-9-23(17-27(24)69(54,55)56)67(50,51)14-13-60-66-64-62-49/h1-12,15-17,29,39,46-49H,13-14,36-38H2,(H,54,55,56)(H,57,58,59)/b43-40+,44-42+,45-41+. The molecule has 35 heteroatoms. The van der Waals surface area contributed by atoms with Gasteiger partial charge in [-0.1, -0.05) is 10.1 Å². The van der Waals surface area contributed by atoms with Gasteiger partial charge in [-0.2, -0.15) is 27.1 Å². The van der Waals surface area contributed by atoms with Crippen LogP contribution in [0, 0.1) is 0 Å². The Bertz CT molecular complexity index is 3420. The van der Waals surface area contributed by atoms with Crippen LogP contribution >= 0.6 is 24.4 Å². The van der Waals surface area contributed by atoms with Crippen molar-refractivity contribution in [2.45, 2.75) is 30.6 Å². The molecule has 1 aliphatic rings. The zero-order chi connectivity index (χ0) is 51.0. The number of azo groups is 3. The number of nitrogens with two attached hydrogens (primary N) is 3. The van der Waals surface area contributed by atoms with Gasteiger partial charge in [0.25, 0.3) is 30.3 Å². The predicted molar refractivity (Wildman–Crippen MR) is 245 cm³/mol. The molecule has 1 aliphatic heterocycles. The van der Waals surface area contributed by atoms with Crippen molar-refractivity contribution < 1.29 is 81.3 Å². The van der Waals surface area contributed by atoms with Crippen molar-refractivity contribution in [3.8, 4) is 5.75 Å².